The van der Waals surface area contributed by atoms with Crippen LogP contribution in [0.2, 0.25) is 0 Å². The molecule has 2 amide bonds. The predicted octanol–water partition coefficient (Wildman–Crippen LogP) is 2.40. The van der Waals surface area contributed by atoms with Gasteiger partial charge >= 0.3 is 0 Å². The van der Waals surface area contributed by atoms with E-state index < -0.39 is 0 Å². The van der Waals surface area contributed by atoms with Crippen molar-refractivity contribution in [1.82, 2.24) is 15.1 Å². The topological polar surface area (TPSA) is 78.1 Å². The highest BCUT2D eigenvalue weighted by molar-refractivity contribution is 6.01. The highest BCUT2D eigenvalue weighted by Gasteiger charge is 2.29. The number of benzene rings is 1. The van der Waals surface area contributed by atoms with Crippen LogP contribution >= 0.6 is 0 Å². The number of anilines is 1. The number of aromatic nitrogens is 2. The minimum Gasteiger partial charge on any atom is -0.342 e. The van der Waals surface area contributed by atoms with Crippen molar-refractivity contribution >= 4 is 28.4 Å². The van der Waals surface area contributed by atoms with Crippen molar-refractivity contribution in [3.63, 3.8) is 0 Å². The van der Waals surface area contributed by atoms with Crippen molar-refractivity contribution in [1.29, 1.82) is 0 Å². The predicted molar refractivity (Wildman–Crippen MR) is 88.9 cm³/mol. The standard InChI is InChI=1S/C17H22N4O2/c1-11(2)17(23)21-8-4-6-13(10-21)16(22)19-14-7-3-5-12-9-18-20-15(12)14/h3,5,7,9,11,13H,4,6,8,10H2,1-2H3,(H,18,20)(H,19,22)/t13-/m1/s1. The van der Waals surface area contributed by atoms with Gasteiger partial charge in [-0.05, 0) is 18.9 Å². The number of nitrogens with one attached hydrogen (secondary N) is 2. The minimum absolute atomic E-state index is 0.0319. The van der Waals surface area contributed by atoms with Crippen molar-refractivity contribution in [3.05, 3.63) is 24.4 Å². The Morgan fingerprint density at radius 2 is 2.22 bits per heavy atom. The maximum absolute atomic E-state index is 12.6. The third-order valence-corrected chi connectivity index (χ3v) is 4.33. The van der Waals surface area contributed by atoms with Crippen LogP contribution in [0.4, 0.5) is 5.69 Å². The quantitative estimate of drug-likeness (QED) is 0.913. The van der Waals surface area contributed by atoms with Crippen molar-refractivity contribution in [3.8, 4) is 0 Å². The molecule has 3 rings (SSSR count). The summed E-state index contributed by atoms with van der Waals surface area (Å²) in [7, 11) is 0. The molecule has 0 aliphatic carbocycles. The molecule has 1 aromatic heterocycles. The summed E-state index contributed by atoms with van der Waals surface area (Å²) in [6.07, 6.45) is 3.41. The average molecular weight is 314 g/mol. The van der Waals surface area contributed by atoms with Crippen molar-refractivity contribution in [2.75, 3.05) is 18.4 Å². The van der Waals surface area contributed by atoms with Gasteiger partial charge in [-0.1, -0.05) is 26.0 Å². The molecule has 0 unspecified atom stereocenters. The van der Waals surface area contributed by atoms with Gasteiger partial charge in [-0.15, -0.1) is 0 Å². The number of hydrogen-bond donors (Lipinski definition) is 2. The Kier molecular flexibility index (Phi) is 4.32. The molecule has 0 bridgehead atoms. The van der Waals surface area contributed by atoms with Crippen molar-refractivity contribution in [2.24, 2.45) is 11.8 Å². The molecule has 1 aromatic carbocycles. The SMILES string of the molecule is CC(C)C(=O)N1CCC[C@@H](C(=O)Nc2cccc3cn[nH]c23)C1. The summed E-state index contributed by atoms with van der Waals surface area (Å²) in [5.41, 5.74) is 1.56. The van der Waals surface area contributed by atoms with E-state index >= 15 is 0 Å². The van der Waals surface area contributed by atoms with Gasteiger partial charge in [0.1, 0.15) is 0 Å². The van der Waals surface area contributed by atoms with Gasteiger partial charge in [-0.3, -0.25) is 14.7 Å². The summed E-state index contributed by atoms with van der Waals surface area (Å²) < 4.78 is 0. The van der Waals surface area contributed by atoms with Gasteiger partial charge in [0.15, 0.2) is 0 Å². The molecule has 122 valence electrons. The largest absolute Gasteiger partial charge is 0.342 e. The third kappa shape index (κ3) is 3.21. The zero-order valence-corrected chi connectivity index (χ0v) is 13.5. The third-order valence-electron chi connectivity index (χ3n) is 4.33. The molecular formula is C17H22N4O2. The Morgan fingerprint density at radius 1 is 1.39 bits per heavy atom. The second-order valence-corrected chi connectivity index (χ2v) is 6.41. The number of H-pyrrole nitrogens is 1. The Hall–Kier alpha value is -2.37. The molecule has 1 atom stereocenters. The van der Waals surface area contributed by atoms with Gasteiger partial charge in [-0.25, -0.2) is 0 Å². The summed E-state index contributed by atoms with van der Waals surface area (Å²) in [5, 5.41) is 10.9. The Bertz CT molecular complexity index is 722. The van der Waals surface area contributed by atoms with Crippen LogP contribution in [-0.4, -0.2) is 40.0 Å². The van der Waals surface area contributed by atoms with Crippen molar-refractivity contribution < 1.29 is 9.59 Å². The fourth-order valence-electron chi connectivity index (χ4n) is 3.06. The van der Waals surface area contributed by atoms with Crippen LogP contribution in [0.25, 0.3) is 10.9 Å². The first-order chi connectivity index (χ1) is 11.1. The molecule has 0 radical (unpaired) electrons. The molecule has 1 fully saturated rings. The van der Waals surface area contributed by atoms with Gasteiger partial charge in [0.25, 0.3) is 0 Å². The van der Waals surface area contributed by atoms with E-state index in [1.807, 2.05) is 36.9 Å². The number of para-hydroxylation sites is 1. The number of likely N-dealkylation sites (tertiary alicyclic amines) is 1. The molecule has 1 aliphatic heterocycles. The molecule has 2 N–H and O–H groups in total. The number of amides is 2. The number of fused-ring (bicyclic) bond motifs is 1. The molecule has 6 nitrogen and oxygen atoms in total. The summed E-state index contributed by atoms with van der Waals surface area (Å²) in [6.45, 7) is 5.04. The van der Waals surface area contributed by atoms with E-state index in [4.69, 9.17) is 0 Å². The molecule has 23 heavy (non-hydrogen) atoms. The number of rotatable bonds is 3. The molecule has 2 heterocycles. The van der Waals surface area contributed by atoms with Gasteiger partial charge < -0.3 is 10.2 Å². The highest BCUT2D eigenvalue weighted by Crippen LogP contribution is 2.24. The molecule has 0 spiro atoms. The van der Waals surface area contributed by atoms with Crippen LogP contribution in [0.15, 0.2) is 24.4 Å². The Balaban J connectivity index is 1.70. The van der Waals surface area contributed by atoms with E-state index in [0.717, 1.165) is 36.0 Å². The van der Waals surface area contributed by atoms with Gasteiger partial charge in [-0.2, -0.15) is 5.10 Å². The second-order valence-electron chi connectivity index (χ2n) is 6.41. The fourth-order valence-corrected chi connectivity index (χ4v) is 3.06. The summed E-state index contributed by atoms with van der Waals surface area (Å²) >= 11 is 0. The number of hydrogen-bond acceptors (Lipinski definition) is 3. The molecule has 0 saturated carbocycles. The first-order valence-corrected chi connectivity index (χ1v) is 8.08. The van der Waals surface area contributed by atoms with Crippen LogP contribution in [-0.2, 0) is 9.59 Å². The fraction of sp³-hybridized carbons (Fsp3) is 0.471. The number of piperidine rings is 1. The van der Waals surface area contributed by atoms with E-state index in [0.29, 0.717) is 6.54 Å². The van der Waals surface area contributed by atoms with Gasteiger partial charge in [0, 0.05) is 24.4 Å². The summed E-state index contributed by atoms with van der Waals surface area (Å²) in [4.78, 5) is 26.5. The molecule has 1 aliphatic rings. The van der Waals surface area contributed by atoms with Gasteiger partial charge in [0.2, 0.25) is 11.8 Å². The zero-order chi connectivity index (χ0) is 16.4. The number of nitrogens with zero attached hydrogens (tertiary/aromatic N) is 2. The van der Waals surface area contributed by atoms with E-state index in [2.05, 4.69) is 15.5 Å². The van der Waals surface area contributed by atoms with Crippen LogP contribution in [0.1, 0.15) is 26.7 Å². The van der Waals surface area contributed by atoms with Crippen LogP contribution in [0.5, 0.6) is 0 Å². The minimum atomic E-state index is -0.162. The van der Waals surface area contributed by atoms with Crippen LogP contribution in [0, 0.1) is 11.8 Å². The first-order valence-electron chi connectivity index (χ1n) is 8.08. The van der Waals surface area contributed by atoms with Crippen LogP contribution < -0.4 is 5.32 Å². The van der Waals surface area contributed by atoms with Crippen LogP contribution in [0.3, 0.4) is 0 Å². The number of carbonyl (C=O) groups excluding carboxylic acids is 2. The maximum atomic E-state index is 12.6. The lowest BCUT2D eigenvalue weighted by molar-refractivity contribution is -0.137. The molecule has 1 saturated heterocycles. The second kappa shape index (κ2) is 6.40. The van der Waals surface area contributed by atoms with Crippen molar-refractivity contribution in [2.45, 2.75) is 26.7 Å². The average Bonchev–Trinajstić information content (AvgIpc) is 3.04. The van der Waals surface area contributed by atoms with E-state index in [1.165, 1.54) is 0 Å². The molecular weight excluding hydrogens is 292 g/mol. The number of carbonyl (C=O) groups is 2. The summed E-state index contributed by atoms with van der Waals surface area (Å²) in [5.74, 6) is -0.105. The lowest BCUT2D eigenvalue weighted by Gasteiger charge is -2.33. The first kappa shape index (κ1) is 15.5. The van der Waals surface area contributed by atoms with E-state index in [9.17, 15) is 9.59 Å². The molecule has 2 aromatic rings. The molecule has 6 heteroatoms. The normalized spacial score (nSPS) is 18.4. The lowest BCUT2D eigenvalue weighted by Crippen LogP contribution is -2.45. The number of aromatic amines is 1. The zero-order valence-electron chi connectivity index (χ0n) is 13.5. The Labute approximate surface area is 135 Å². The maximum Gasteiger partial charge on any atom is 0.229 e. The van der Waals surface area contributed by atoms with E-state index in [1.54, 1.807) is 6.20 Å². The van der Waals surface area contributed by atoms with E-state index in [-0.39, 0.29) is 23.7 Å². The van der Waals surface area contributed by atoms with Gasteiger partial charge in [0.05, 0.1) is 23.3 Å². The smallest absolute Gasteiger partial charge is 0.229 e. The monoisotopic (exact) mass is 314 g/mol. The highest BCUT2D eigenvalue weighted by atomic mass is 16.2. The lowest BCUT2D eigenvalue weighted by atomic mass is 9.96. The summed E-state index contributed by atoms with van der Waals surface area (Å²) in [6, 6.07) is 5.69. The Morgan fingerprint density at radius 3 is 3.00 bits per heavy atom.